The molecule has 0 bridgehead atoms. The Hall–Kier alpha value is -4.64. The lowest BCUT2D eigenvalue weighted by atomic mass is 10.0. The first-order valence-corrected chi connectivity index (χ1v) is 13.9. The smallest absolute Gasteiger partial charge is 0.335 e. The second-order valence-electron chi connectivity index (χ2n) is 10.6. The van der Waals surface area contributed by atoms with E-state index in [1.807, 2.05) is 15.3 Å². The van der Waals surface area contributed by atoms with Gasteiger partial charge in [-0.05, 0) is 67.3 Å². The predicted octanol–water partition coefficient (Wildman–Crippen LogP) is 5.18. The Morgan fingerprint density at radius 3 is 2.76 bits per heavy atom. The predicted molar refractivity (Wildman–Crippen MR) is 148 cm³/mol. The van der Waals surface area contributed by atoms with E-state index in [9.17, 15) is 9.90 Å². The van der Waals surface area contributed by atoms with Gasteiger partial charge in [0.25, 0.3) is 0 Å². The lowest BCUT2D eigenvalue weighted by molar-refractivity contribution is -0.0589. The number of benzene rings is 2. The molecule has 214 valence electrons. The summed E-state index contributed by atoms with van der Waals surface area (Å²) in [5.41, 5.74) is 3.69. The third-order valence-corrected chi connectivity index (χ3v) is 7.82. The number of nitrogens with zero attached hydrogens (tertiary/aromatic N) is 5. The molecule has 1 fully saturated rings. The molecule has 5 aromatic rings. The Balaban J connectivity index is 1.14. The van der Waals surface area contributed by atoms with Crippen LogP contribution >= 0.6 is 0 Å². The summed E-state index contributed by atoms with van der Waals surface area (Å²) in [7, 11) is 0. The number of halogens is 2. The van der Waals surface area contributed by atoms with Crippen molar-refractivity contribution in [2.75, 3.05) is 6.61 Å². The van der Waals surface area contributed by atoms with Crippen molar-refractivity contribution in [3.63, 3.8) is 0 Å². The average molecular weight is 572 g/mol. The molecule has 0 aliphatic carbocycles. The van der Waals surface area contributed by atoms with Crippen LogP contribution in [0, 0.1) is 11.6 Å². The Labute approximate surface area is 239 Å². The van der Waals surface area contributed by atoms with E-state index in [0.717, 1.165) is 37.6 Å². The maximum atomic E-state index is 15.5. The summed E-state index contributed by atoms with van der Waals surface area (Å²) in [5.74, 6) is -1.50. The van der Waals surface area contributed by atoms with Gasteiger partial charge >= 0.3 is 5.97 Å². The Morgan fingerprint density at radius 1 is 1.10 bits per heavy atom. The van der Waals surface area contributed by atoms with E-state index in [4.69, 9.17) is 9.47 Å². The highest BCUT2D eigenvalue weighted by molar-refractivity contribution is 5.92. The number of carbonyl (C=O) groups is 1. The minimum absolute atomic E-state index is 0.0120. The van der Waals surface area contributed by atoms with Crippen molar-refractivity contribution in [2.45, 2.75) is 51.5 Å². The molecule has 2 aliphatic rings. The standard InChI is InChI=1S/C31H27F2N5O4/c32-24-15-23(26-4-1-5-30(35-26)42-17-20-14-21-3-2-9-38(21)36-20)25(33)11-19(24)13-29-34-27-7-6-18(31(39)40)12-28(27)37(29)16-22-8-10-41-22/h1,4-7,11-12,14-15,22H,2-3,8-10,13,16-17H2,(H,39,40)/t22-/m0/s1. The normalized spacial score (nSPS) is 16.0. The monoisotopic (exact) mass is 571 g/mol. The summed E-state index contributed by atoms with van der Waals surface area (Å²) < 4.78 is 46.1. The molecule has 42 heavy (non-hydrogen) atoms. The summed E-state index contributed by atoms with van der Waals surface area (Å²) in [5, 5.41) is 14.0. The first-order valence-electron chi connectivity index (χ1n) is 13.9. The van der Waals surface area contributed by atoms with Crippen LogP contribution in [0.4, 0.5) is 8.78 Å². The Morgan fingerprint density at radius 2 is 1.98 bits per heavy atom. The molecule has 7 rings (SSSR count). The molecule has 3 aromatic heterocycles. The Bertz CT molecular complexity index is 1810. The number of aromatic nitrogens is 5. The molecule has 2 aliphatic heterocycles. The summed E-state index contributed by atoms with van der Waals surface area (Å²) in [6, 6.07) is 13.9. The van der Waals surface area contributed by atoms with Crippen LogP contribution in [0.15, 0.2) is 54.6 Å². The quantitative estimate of drug-likeness (QED) is 0.260. The summed E-state index contributed by atoms with van der Waals surface area (Å²) in [6.45, 7) is 2.23. The molecule has 0 saturated carbocycles. The molecule has 0 amide bonds. The van der Waals surface area contributed by atoms with Crippen LogP contribution in [0.5, 0.6) is 5.88 Å². The van der Waals surface area contributed by atoms with Crippen LogP contribution < -0.4 is 4.74 Å². The number of aromatic carboxylic acids is 1. The van der Waals surface area contributed by atoms with E-state index >= 15 is 8.78 Å². The lowest BCUT2D eigenvalue weighted by Gasteiger charge is -2.27. The van der Waals surface area contributed by atoms with Gasteiger partial charge in [-0.25, -0.2) is 23.5 Å². The number of carboxylic acid groups (broad SMARTS) is 1. The van der Waals surface area contributed by atoms with Crippen molar-refractivity contribution in [2.24, 2.45) is 0 Å². The van der Waals surface area contributed by atoms with Gasteiger partial charge < -0.3 is 19.1 Å². The van der Waals surface area contributed by atoms with Gasteiger partial charge in [0.2, 0.25) is 5.88 Å². The van der Waals surface area contributed by atoms with Crippen molar-refractivity contribution in [3.8, 4) is 17.1 Å². The molecule has 0 unspecified atom stereocenters. The largest absolute Gasteiger partial charge is 0.478 e. The minimum Gasteiger partial charge on any atom is -0.478 e. The van der Waals surface area contributed by atoms with Crippen LogP contribution in [-0.2, 0) is 37.3 Å². The molecule has 0 radical (unpaired) electrons. The van der Waals surface area contributed by atoms with Gasteiger partial charge in [-0.15, -0.1) is 0 Å². The maximum absolute atomic E-state index is 15.5. The fraction of sp³-hybridized carbons (Fsp3) is 0.290. The Kier molecular flexibility index (Phi) is 6.66. The zero-order chi connectivity index (χ0) is 28.8. The van der Waals surface area contributed by atoms with Crippen LogP contribution in [0.1, 0.15) is 46.0 Å². The third kappa shape index (κ3) is 5.00. The van der Waals surface area contributed by atoms with Crippen molar-refractivity contribution in [3.05, 3.63) is 94.6 Å². The highest BCUT2D eigenvalue weighted by atomic mass is 19.1. The fourth-order valence-electron chi connectivity index (χ4n) is 5.55. The summed E-state index contributed by atoms with van der Waals surface area (Å²) >= 11 is 0. The fourth-order valence-corrected chi connectivity index (χ4v) is 5.55. The average Bonchev–Trinajstić information content (AvgIpc) is 3.65. The van der Waals surface area contributed by atoms with Crippen molar-refractivity contribution >= 4 is 17.0 Å². The highest BCUT2D eigenvalue weighted by Crippen LogP contribution is 2.29. The van der Waals surface area contributed by atoms with Gasteiger partial charge in [-0.1, -0.05) is 6.07 Å². The number of aryl methyl sites for hydroxylation is 2. The van der Waals surface area contributed by atoms with E-state index in [-0.39, 0.29) is 47.4 Å². The summed E-state index contributed by atoms with van der Waals surface area (Å²) in [4.78, 5) is 20.6. The highest BCUT2D eigenvalue weighted by Gasteiger charge is 2.24. The van der Waals surface area contributed by atoms with Crippen LogP contribution in [-0.4, -0.2) is 48.1 Å². The van der Waals surface area contributed by atoms with Gasteiger partial charge in [0, 0.05) is 36.9 Å². The summed E-state index contributed by atoms with van der Waals surface area (Å²) in [6.07, 6.45) is 2.92. The molecule has 1 N–H and O–H groups in total. The first kappa shape index (κ1) is 26.3. The number of fused-ring (bicyclic) bond motifs is 2. The first-order chi connectivity index (χ1) is 20.4. The number of imidazole rings is 1. The van der Waals surface area contributed by atoms with E-state index in [1.54, 1.807) is 30.3 Å². The molecule has 1 atom stereocenters. The zero-order valence-corrected chi connectivity index (χ0v) is 22.6. The van der Waals surface area contributed by atoms with Gasteiger partial charge in [0.15, 0.2) is 0 Å². The molecule has 1 saturated heterocycles. The second kappa shape index (κ2) is 10.6. The van der Waals surface area contributed by atoms with Crippen molar-refractivity contribution in [1.29, 1.82) is 0 Å². The van der Waals surface area contributed by atoms with Crippen molar-refractivity contribution in [1.82, 2.24) is 24.3 Å². The molecule has 5 heterocycles. The van der Waals surface area contributed by atoms with E-state index in [1.165, 1.54) is 17.8 Å². The molecule has 11 heteroatoms. The van der Waals surface area contributed by atoms with Gasteiger partial charge in [0.1, 0.15) is 29.8 Å². The number of ether oxygens (including phenoxy) is 2. The lowest BCUT2D eigenvalue weighted by Crippen LogP contribution is -2.31. The molecule has 2 aromatic carbocycles. The number of pyridine rings is 1. The topological polar surface area (TPSA) is 104 Å². The SMILES string of the molecule is O=C(O)c1ccc2nc(Cc3cc(F)c(-c4cccc(OCc5cc6n(n5)CCC6)n4)cc3F)n(C[C@@H]3CCO3)c2c1. The maximum Gasteiger partial charge on any atom is 0.335 e. The molecule has 0 spiro atoms. The van der Waals surface area contributed by atoms with Crippen LogP contribution in [0.25, 0.3) is 22.3 Å². The van der Waals surface area contributed by atoms with Crippen LogP contribution in [0.3, 0.4) is 0 Å². The van der Waals surface area contributed by atoms with Crippen molar-refractivity contribution < 1.29 is 28.2 Å². The van der Waals surface area contributed by atoms with E-state index < -0.39 is 17.6 Å². The van der Waals surface area contributed by atoms with E-state index in [2.05, 4.69) is 15.1 Å². The van der Waals surface area contributed by atoms with E-state index in [0.29, 0.717) is 30.0 Å². The third-order valence-electron chi connectivity index (χ3n) is 7.82. The van der Waals surface area contributed by atoms with Gasteiger partial charge in [-0.2, -0.15) is 5.10 Å². The number of hydrogen-bond acceptors (Lipinski definition) is 6. The number of hydrogen-bond donors (Lipinski definition) is 1. The van der Waals surface area contributed by atoms with Gasteiger partial charge in [0.05, 0.1) is 34.9 Å². The number of carboxylic acids is 1. The number of rotatable bonds is 9. The zero-order valence-electron chi connectivity index (χ0n) is 22.6. The minimum atomic E-state index is -1.05. The molecule has 9 nitrogen and oxygen atoms in total. The molecular formula is C31H27F2N5O4. The van der Waals surface area contributed by atoms with Crippen LogP contribution in [0.2, 0.25) is 0 Å². The molecular weight excluding hydrogens is 544 g/mol. The second-order valence-corrected chi connectivity index (χ2v) is 10.6. The van der Waals surface area contributed by atoms with Gasteiger partial charge in [-0.3, -0.25) is 4.68 Å².